The van der Waals surface area contributed by atoms with Gasteiger partial charge in [-0.3, -0.25) is 9.69 Å². The number of halogens is 1. The smallest absolute Gasteiger partial charge is 0.319 e. The molecular formula is C20H16BrN3O2S. The Kier molecular flexibility index (Phi) is 4.57. The van der Waals surface area contributed by atoms with E-state index in [1.807, 2.05) is 60.0 Å². The second-order valence-corrected chi connectivity index (χ2v) is 8.24. The van der Waals surface area contributed by atoms with Gasteiger partial charge in [0.1, 0.15) is 10.5 Å². The van der Waals surface area contributed by atoms with Crippen LogP contribution in [0.1, 0.15) is 18.2 Å². The fourth-order valence-electron chi connectivity index (χ4n) is 3.09. The number of hydrogen-bond acceptors (Lipinski definition) is 4. The van der Waals surface area contributed by atoms with Gasteiger partial charge in [-0.25, -0.2) is 9.78 Å². The molecule has 0 saturated carbocycles. The van der Waals surface area contributed by atoms with Crippen LogP contribution in [0.4, 0.5) is 4.79 Å². The minimum absolute atomic E-state index is 0.150. The van der Waals surface area contributed by atoms with E-state index in [1.165, 1.54) is 16.2 Å². The molecule has 3 amide bonds. The zero-order valence-corrected chi connectivity index (χ0v) is 16.9. The third-order valence-corrected chi connectivity index (χ3v) is 6.00. The second kappa shape index (κ2) is 6.90. The molecule has 3 aromatic rings. The van der Waals surface area contributed by atoms with Crippen molar-refractivity contribution in [2.75, 3.05) is 0 Å². The van der Waals surface area contributed by atoms with Gasteiger partial charge in [0.05, 0.1) is 12.2 Å². The van der Waals surface area contributed by atoms with Crippen LogP contribution in [0.15, 0.2) is 64.5 Å². The maximum Gasteiger partial charge on any atom is 0.325 e. The molecule has 0 aliphatic carbocycles. The lowest BCUT2D eigenvalue weighted by atomic mass is 9.92. The molecule has 0 spiro atoms. The quantitative estimate of drug-likeness (QED) is 0.604. The molecule has 1 aromatic heterocycles. The first-order valence-electron chi connectivity index (χ1n) is 8.37. The van der Waals surface area contributed by atoms with Gasteiger partial charge in [-0.1, -0.05) is 58.4 Å². The van der Waals surface area contributed by atoms with Crippen molar-refractivity contribution in [2.45, 2.75) is 19.0 Å². The predicted octanol–water partition coefficient (Wildman–Crippen LogP) is 4.54. The molecule has 2 aromatic carbocycles. The topological polar surface area (TPSA) is 62.3 Å². The maximum atomic E-state index is 13.0. The van der Waals surface area contributed by atoms with E-state index in [4.69, 9.17) is 0 Å². The van der Waals surface area contributed by atoms with E-state index >= 15 is 0 Å². The number of benzene rings is 2. The largest absolute Gasteiger partial charge is 0.325 e. The van der Waals surface area contributed by atoms with E-state index < -0.39 is 11.6 Å². The Balaban J connectivity index is 1.58. The van der Waals surface area contributed by atoms with Gasteiger partial charge in [-0.05, 0) is 24.6 Å². The maximum absolute atomic E-state index is 13.0. The van der Waals surface area contributed by atoms with Crippen molar-refractivity contribution in [3.63, 3.8) is 0 Å². The highest BCUT2D eigenvalue weighted by Crippen LogP contribution is 2.32. The number of amides is 3. The summed E-state index contributed by atoms with van der Waals surface area (Å²) in [6.07, 6.45) is 0. The van der Waals surface area contributed by atoms with Crippen molar-refractivity contribution in [3.05, 3.63) is 75.7 Å². The zero-order chi connectivity index (χ0) is 19.0. The molecule has 7 heteroatoms. The van der Waals surface area contributed by atoms with E-state index in [-0.39, 0.29) is 12.5 Å². The molecule has 5 nitrogen and oxygen atoms in total. The van der Waals surface area contributed by atoms with Gasteiger partial charge in [0.2, 0.25) is 0 Å². The minimum atomic E-state index is -1.08. The zero-order valence-electron chi connectivity index (χ0n) is 14.5. The highest BCUT2D eigenvalue weighted by Gasteiger charge is 2.49. The highest BCUT2D eigenvalue weighted by atomic mass is 79.9. The van der Waals surface area contributed by atoms with Gasteiger partial charge in [0, 0.05) is 15.4 Å². The van der Waals surface area contributed by atoms with Gasteiger partial charge in [0.25, 0.3) is 5.91 Å². The molecule has 27 heavy (non-hydrogen) atoms. The normalized spacial score (nSPS) is 19.4. The number of hydrogen-bond donors (Lipinski definition) is 1. The van der Waals surface area contributed by atoms with Gasteiger partial charge in [0.15, 0.2) is 0 Å². The van der Waals surface area contributed by atoms with E-state index in [1.54, 1.807) is 6.92 Å². The summed E-state index contributed by atoms with van der Waals surface area (Å²) in [5.41, 5.74) is 1.37. The van der Waals surface area contributed by atoms with Crippen LogP contribution in [0.5, 0.6) is 0 Å². The average Bonchev–Trinajstić information content (AvgIpc) is 3.22. The summed E-state index contributed by atoms with van der Waals surface area (Å²) < 4.78 is 0.855. The Morgan fingerprint density at radius 3 is 2.67 bits per heavy atom. The molecule has 1 aliphatic heterocycles. The first-order valence-corrected chi connectivity index (χ1v) is 10.0. The van der Waals surface area contributed by atoms with Crippen LogP contribution in [0.2, 0.25) is 0 Å². The second-order valence-electron chi connectivity index (χ2n) is 6.47. The molecule has 1 atom stereocenters. The van der Waals surface area contributed by atoms with Crippen molar-refractivity contribution in [2.24, 2.45) is 0 Å². The Morgan fingerprint density at radius 1 is 1.15 bits per heavy atom. The number of carbonyl (C=O) groups is 2. The lowest BCUT2D eigenvalue weighted by molar-refractivity contribution is -0.131. The lowest BCUT2D eigenvalue weighted by Gasteiger charge is -2.22. The van der Waals surface area contributed by atoms with Crippen molar-refractivity contribution >= 4 is 39.2 Å². The van der Waals surface area contributed by atoms with Crippen molar-refractivity contribution in [1.29, 1.82) is 0 Å². The fraction of sp³-hybridized carbons (Fsp3) is 0.150. The van der Waals surface area contributed by atoms with Gasteiger partial charge in [-0.15, -0.1) is 11.3 Å². The van der Waals surface area contributed by atoms with E-state index in [0.717, 1.165) is 20.6 Å². The SMILES string of the molecule is CC1(c2cccc(Br)c2)NC(=O)N(Cc2csc(-c3ccccc3)n2)C1=O. The van der Waals surface area contributed by atoms with Crippen LogP contribution in [0.25, 0.3) is 10.6 Å². The molecule has 1 fully saturated rings. The minimum Gasteiger partial charge on any atom is -0.319 e. The van der Waals surface area contributed by atoms with Crippen molar-refractivity contribution < 1.29 is 9.59 Å². The molecule has 4 rings (SSSR count). The van der Waals surface area contributed by atoms with E-state index in [0.29, 0.717) is 5.69 Å². The summed E-state index contributed by atoms with van der Waals surface area (Å²) in [5.74, 6) is -0.278. The average molecular weight is 442 g/mol. The first kappa shape index (κ1) is 17.9. The summed E-state index contributed by atoms with van der Waals surface area (Å²) in [4.78, 5) is 31.3. The number of nitrogens with zero attached hydrogens (tertiary/aromatic N) is 2. The lowest BCUT2D eigenvalue weighted by Crippen LogP contribution is -2.40. The molecule has 1 N–H and O–H groups in total. The summed E-state index contributed by atoms with van der Waals surface area (Å²) in [7, 11) is 0. The van der Waals surface area contributed by atoms with Crippen LogP contribution in [-0.2, 0) is 16.9 Å². The first-order chi connectivity index (χ1) is 13.0. The summed E-state index contributed by atoms with van der Waals surface area (Å²) >= 11 is 4.92. The molecule has 1 saturated heterocycles. The summed E-state index contributed by atoms with van der Waals surface area (Å²) in [6.45, 7) is 1.88. The van der Waals surface area contributed by atoms with Gasteiger partial charge < -0.3 is 5.32 Å². The number of nitrogens with one attached hydrogen (secondary N) is 1. The molecule has 136 valence electrons. The summed E-state index contributed by atoms with van der Waals surface area (Å²) in [6, 6.07) is 16.8. The van der Waals surface area contributed by atoms with E-state index in [9.17, 15) is 9.59 Å². The van der Waals surface area contributed by atoms with Gasteiger partial charge in [-0.2, -0.15) is 0 Å². The van der Waals surface area contributed by atoms with Crippen LogP contribution in [-0.4, -0.2) is 21.8 Å². The fourth-order valence-corrected chi connectivity index (χ4v) is 4.31. The predicted molar refractivity (Wildman–Crippen MR) is 108 cm³/mol. The molecular weight excluding hydrogens is 426 g/mol. The van der Waals surface area contributed by atoms with E-state index in [2.05, 4.69) is 26.2 Å². The standard InChI is InChI=1S/C20H16BrN3O2S/c1-20(14-8-5-9-15(21)10-14)18(25)24(19(26)23-20)11-16-12-27-17(22-16)13-6-3-2-4-7-13/h2-10,12H,11H2,1H3,(H,23,26). The Morgan fingerprint density at radius 2 is 1.93 bits per heavy atom. The van der Waals surface area contributed by atoms with Crippen LogP contribution < -0.4 is 5.32 Å². The van der Waals surface area contributed by atoms with Gasteiger partial charge >= 0.3 is 6.03 Å². The number of carbonyl (C=O) groups excluding carboxylic acids is 2. The molecule has 0 radical (unpaired) electrons. The number of aromatic nitrogens is 1. The Bertz CT molecular complexity index is 1020. The third kappa shape index (κ3) is 3.28. The van der Waals surface area contributed by atoms with Crippen LogP contribution >= 0.6 is 27.3 Å². The Labute approximate surface area is 169 Å². The third-order valence-electron chi connectivity index (χ3n) is 4.57. The molecule has 1 unspecified atom stereocenters. The number of urea groups is 1. The van der Waals surface area contributed by atoms with Crippen molar-refractivity contribution in [1.82, 2.24) is 15.2 Å². The van der Waals surface area contributed by atoms with Crippen LogP contribution in [0, 0.1) is 0 Å². The number of imide groups is 1. The number of thiazole rings is 1. The summed E-state index contributed by atoms with van der Waals surface area (Å²) in [5, 5.41) is 5.58. The highest BCUT2D eigenvalue weighted by molar-refractivity contribution is 9.10. The van der Waals surface area contributed by atoms with Crippen LogP contribution in [0.3, 0.4) is 0 Å². The molecule has 0 bridgehead atoms. The molecule has 1 aliphatic rings. The monoisotopic (exact) mass is 441 g/mol. The number of rotatable bonds is 4. The Hall–Kier alpha value is -2.51. The molecule has 2 heterocycles. The van der Waals surface area contributed by atoms with Crippen molar-refractivity contribution in [3.8, 4) is 10.6 Å².